The van der Waals surface area contributed by atoms with Gasteiger partial charge in [-0.1, -0.05) is 19.9 Å². The van der Waals surface area contributed by atoms with Crippen molar-refractivity contribution in [2.75, 3.05) is 26.2 Å². The van der Waals surface area contributed by atoms with Gasteiger partial charge in [-0.05, 0) is 74.4 Å². The van der Waals surface area contributed by atoms with Crippen LogP contribution in [0, 0.1) is 12.8 Å². The second-order valence-corrected chi connectivity index (χ2v) is 7.26. The Bertz CT molecular complexity index is 548. The highest BCUT2D eigenvalue weighted by Gasteiger charge is 2.19. The van der Waals surface area contributed by atoms with Gasteiger partial charge >= 0.3 is 5.97 Å². The van der Waals surface area contributed by atoms with Crippen LogP contribution in [-0.2, 0) is 4.79 Å². The zero-order valence-electron chi connectivity index (χ0n) is 15.7. The first-order valence-corrected chi connectivity index (χ1v) is 9.13. The summed E-state index contributed by atoms with van der Waals surface area (Å²) in [5, 5.41) is 8.93. The van der Waals surface area contributed by atoms with E-state index < -0.39 is 5.97 Å². The van der Waals surface area contributed by atoms with Gasteiger partial charge in [-0.2, -0.15) is 0 Å². The molecule has 1 fully saturated rings. The molecule has 0 aromatic heterocycles. The number of carbonyl (C=O) groups is 1. The van der Waals surface area contributed by atoms with Gasteiger partial charge in [-0.15, -0.1) is 12.4 Å². The van der Waals surface area contributed by atoms with Crippen LogP contribution in [0.15, 0.2) is 18.2 Å². The monoisotopic (exact) mass is 369 g/mol. The zero-order chi connectivity index (χ0) is 17.5. The Morgan fingerprint density at radius 1 is 1.32 bits per heavy atom. The molecule has 2 rings (SSSR count). The SMILES string of the molecule is Cc1cc(OCCN2CCCC(CC(=O)O)CC2)ccc1C(C)C.Cl. The summed E-state index contributed by atoms with van der Waals surface area (Å²) < 4.78 is 5.92. The van der Waals surface area contributed by atoms with Gasteiger partial charge in [0.05, 0.1) is 0 Å². The normalized spacial score (nSPS) is 18.5. The van der Waals surface area contributed by atoms with Crippen molar-refractivity contribution in [3.05, 3.63) is 29.3 Å². The van der Waals surface area contributed by atoms with Crippen LogP contribution in [0.1, 0.15) is 56.6 Å². The summed E-state index contributed by atoms with van der Waals surface area (Å²) in [4.78, 5) is 13.3. The predicted octanol–water partition coefficient (Wildman–Crippen LogP) is 4.50. The molecule has 0 aliphatic carbocycles. The quantitative estimate of drug-likeness (QED) is 0.769. The molecule has 1 unspecified atom stereocenters. The van der Waals surface area contributed by atoms with Crippen molar-refractivity contribution < 1.29 is 14.6 Å². The van der Waals surface area contributed by atoms with Crippen molar-refractivity contribution in [1.29, 1.82) is 0 Å². The van der Waals surface area contributed by atoms with Crippen LogP contribution in [0.25, 0.3) is 0 Å². The van der Waals surface area contributed by atoms with E-state index >= 15 is 0 Å². The minimum Gasteiger partial charge on any atom is -0.492 e. The maximum atomic E-state index is 10.9. The molecule has 1 heterocycles. The average molecular weight is 370 g/mol. The standard InChI is InChI=1S/C20H31NO3.ClH/c1-15(2)19-7-6-18(13-16(19)3)24-12-11-21-9-4-5-17(8-10-21)14-20(22)23;/h6-7,13,15,17H,4-5,8-12,14H2,1-3H3,(H,22,23);1H. The second-order valence-electron chi connectivity index (χ2n) is 7.26. The fraction of sp³-hybridized carbons (Fsp3) is 0.650. The van der Waals surface area contributed by atoms with Crippen LogP contribution in [-0.4, -0.2) is 42.2 Å². The van der Waals surface area contributed by atoms with Crippen molar-refractivity contribution in [2.24, 2.45) is 5.92 Å². The number of aryl methyl sites for hydroxylation is 1. The van der Waals surface area contributed by atoms with Gasteiger partial charge < -0.3 is 9.84 Å². The first-order valence-electron chi connectivity index (χ1n) is 9.13. The smallest absolute Gasteiger partial charge is 0.303 e. The number of halogens is 1. The van der Waals surface area contributed by atoms with Crippen molar-refractivity contribution in [3.8, 4) is 5.75 Å². The van der Waals surface area contributed by atoms with E-state index in [4.69, 9.17) is 9.84 Å². The summed E-state index contributed by atoms with van der Waals surface area (Å²) >= 11 is 0. The van der Waals surface area contributed by atoms with Crippen molar-refractivity contribution in [2.45, 2.75) is 52.4 Å². The Hall–Kier alpha value is -1.26. The molecule has 0 bridgehead atoms. The molecule has 1 aromatic carbocycles. The molecule has 0 radical (unpaired) electrons. The van der Waals surface area contributed by atoms with Crippen molar-refractivity contribution >= 4 is 18.4 Å². The molecular weight excluding hydrogens is 338 g/mol. The molecule has 4 nitrogen and oxygen atoms in total. The lowest BCUT2D eigenvalue weighted by Gasteiger charge is -2.20. The molecule has 25 heavy (non-hydrogen) atoms. The lowest BCUT2D eigenvalue weighted by atomic mass is 9.97. The van der Waals surface area contributed by atoms with Crippen LogP contribution in [0.3, 0.4) is 0 Å². The van der Waals surface area contributed by atoms with Crippen molar-refractivity contribution in [3.63, 3.8) is 0 Å². The molecule has 0 amide bonds. The average Bonchev–Trinajstić information content (AvgIpc) is 2.72. The summed E-state index contributed by atoms with van der Waals surface area (Å²) in [6.07, 6.45) is 3.40. The molecule has 5 heteroatoms. The number of carboxylic acids is 1. The van der Waals surface area contributed by atoms with Gasteiger partial charge in [0.25, 0.3) is 0 Å². The van der Waals surface area contributed by atoms with E-state index in [2.05, 4.69) is 43.9 Å². The van der Waals surface area contributed by atoms with Gasteiger partial charge in [0.15, 0.2) is 0 Å². The number of benzene rings is 1. The summed E-state index contributed by atoms with van der Waals surface area (Å²) in [7, 11) is 0. The molecule has 1 aliphatic rings. The summed E-state index contributed by atoms with van der Waals surface area (Å²) in [5.41, 5.74) is 2.66. The number of aliphatic carboxylic acids is 1. The Morgan fingerprint density at radius 3 is 2.72 bits per heavy atom. The van der Waals surface area contributed by atoms with Crippen LogP contribution in [0.5, 0.6) is 5.75 Å². The topological polar surface area (TPSA) is 49.8 Å². The van der Waals surface area contributed by atoms with Gasteiger partial charge in [-0.3, -0.25) is 9.69 Å². The molecule has 1 atom stereocenters. The predicted molar refractivity (Wildman–Crippen MR) is 104 cm³/mol. The largest absolute Gasteiger partial charge is 0.492 e. The van der Waals surface area contributed by atoms with Crippen molar-refractivity contribution in [1.82, 2.24) is 4.90 Å². The van der Waals surface area contributed by atoms with Gasteiger partial charge in [0.1, 0.15) is 12.4 Å². The highest BCUT2D eigenvalue weighted by Crippen LogP contribution is 2.24. The van der Waals surface area contributed by atoms with E-state index in [1.54, 1.807) is 0 Å². The first kappa shape index (κ1) is 21.8. The van der Waals surface area contributed by atoms with Crippen LogP contribution < -0.4 is 4.74 Å². The van der Waals surface area contributed by atoms with E-state index in [1.165, 1.54) is 11.1 Å². The number of nitrogens with zero attached hydrogens (tertiary/aromatic N) is 1. The third-order valence-corrected chi connectivity index (χ3v) is 4.94. The molecule has 1 N–H and O–H groups in total. The summed E-state index contributed by atoms with van der Waals surface area (Å²) in [6.45, 7) is 10.2. The fourth-order valence-electron chi connectivity index (χ4n) is 3.58. The van der Waals surface area contributed by atoms with E-state index in [9.17, 15) is 4.79 Å². The molecular formula is C20H32ClNO3. The van der Waals surface area contributed by atoms with E-state index in [1.807, 2.05) is 0 Å². The summed E-state index contributed by atoms with van der Waals surface area (Å²) in [6, 6.07) is 6.35. The number of hydrogen-bond acceptors (Lipinski definition) is 3. The third kappa shape index (κ3) is 7.25. The highest BCUT2D eigenvalue weighted by atomic mass is 35.5. The number of carboxylic acid groups (broad SMARTS) is 1. The minimum atomic E-state index is -0.669. The number of ether oxygens (including phenoxy) is 1. The van der Waals surface area contributed by atoms with Crippen LogP contribution in [0.4, 0.5) is 0 Å². The number of likely N-dealkylation sites (tertiary alicyclic amines) is 1. The second kappa shape index (κ2) is 10.7. The molecule has 0 saturated carbocycles. The maximum absolute atomic E-state index is 10.9. The Balaban J connectivity index is 0.00000312. The molecule has 0 spiro atoms. The summed E-state index contributed by atoms with van der Waals surface area (Å²) in [5.74, 6) is 1.14. The Kier molecular flexibility index (Phi) is 9.30. The lowest BCUT2D eigenvalue weighted by Crippen LogP contribution is -2.29. The van der Waals surface area contributed by atoms with E-state index in [0.717, 1.165) is 44.6 Å². The molecule has 142 valence electrons. The van der Waals surface area contributed by atoms with Crippen LogP contribution in [0.2, 0.25) is 0 Å². The first-order chi connectivity index (χ1) is 11.5. The van der Waals surface area contributed by atoms with E-state index in [0.29, 0.717) is 24.9 Å². The highest BCUT2D eigenvalue weighted by molar-refractivity contribution is 5.85. The van der Waals surface area contributed by atoms with Gasteiger partial charge in [-0.25, -0.2) is 0 Å². The van der Waals surface area contributed by atoms with Gasteiger partial charge in [0.2, 0.25) is 0 Å². The molecule has 1 saturated heterocycles. The number of hydrogen-bond donors (Lipinski definition) is 1. The molecule has 1 aromatic rings. The fourth-order valence-corrected chi connectivity index (χ4v) is 3.58. The van der Waals surface area contributed by atoms with Gasteiger partial charge in [0, 0.05) is 13.0 Å². The Labute approximate surface area is 158 Å². The Morgan fingerprint density at radius 2 is 2.08 bits per heavy atom. The lowest BCUT2D eigenvalue weighted by molar-refractivity contribution is -0.138. The molecule has 1 aliphatic heterocycles. The third-order valence-electron chi connectivity index (χ3n) is 4.94. The van der Waals surface area contributed by atoms with Crippen LogP contribution >= 0.6 is 12.4 Å². The van der Waals surface area contributed by atoms with E-state index in [-0.39, 0.29) is 12.4 Å². The zero-order valence-corrected chi connectivity index (χ0v) is 16.5. The maximum Gasteiger partial charge on any atom is 0.303 e. The minimum absolute atomic E-state index is 0. The number of rotatable bonds is 7.